The molecular weight excluding hydrogens is 290 g/mol. The minimum atomic E-state index is 0.121. The van der Waals surface area contributed by atoms with Gasteiger partial charge in [0.15, 0.2) is 11.6 Å². The van der Waals surface area contributed by atoms with Crippen LogP contribution in [-0.4, -0.2) is 29.7 Å². The average molecular weight is 306 g/mol. The normalized spacial score (nSPS) is 18.6. The number of nitrogen functional groups attached to an aromatic ring is 2. The molecule has 1 saturated heterocycles. The van der Waals surface area contributed by atoms with Gasteiger partial charge in [-0.3, -0.25) is 0 Å². The number of benzene rings is 1. The van der Waals surface area contributed by atoms with Crippen molar-refractivity contribution < 1.29 is 4.74 Å². The van der Waals surface area contributed by atoms with Crippen LogP contribution in [0.3, 0.4) is 0 Å². The van der Waals surface area contributed by atoms with Crippen LogP contribution in [0.2, 0.25) is 5.02 Å². The first-order chi connectivity index (χ1) is 10.1. The fourth-order valence-corrected chi connectivity index (χ4v) is 2.54. The Morgan fingerprint density at radius 1 is 1.24 bits per heavy atom. The number of nitrogens with zero attached hydrogens (tertiary/aromatic N) is 2. The molecule has 1 aliphatic heterocycles. The van der Waals surface area contributed by atoms with Gasteiger partial charge in [-0.25, -0.2) is 9.97 Å². The quantitative estimate of drug-likeness (QED) is 0.780. The first kappa shape index (κ1) is 14.1. The van der Waals surface area contributed by atoms with Crippen molar-refractivity contribution in [3.05, 3.63) is 35.0 Å². The van der Waals surface area contributed by atoms with E-state index < -0.39 is 0 Å². The summed E-state index contributed by atoms with van der Waals surface area (Å²) in [6, 6.07) is 5.88. The smallest absolute Gasteiger partial charge is 0.166 e. The monoisotopic (exact) mass is 305 g/mol. The number of morpholine rings is 1. The van der Waals surface area contributed by atoms with Crippen LogP contribution in [0.5, 0.6) is 0 Å². The number of halogens is 1. The highest BCUT2D eigenvalue weighted by Crippen LogP contribution is 2.28. The maximum absolute atomic E-state index is 6.22. The molecule has 21 heavy (non-hydrogen) atoms. The van der Waals surface area contributed by atoms with Gasteiger partial charge in [0.05, 0.1) is 31.1 Å². The van der Waals surface area contributed by atoms with Crippen molar-refractivity contribution in [2.45, 2.75) is 6.04 Å². The van der Waals surface area contributed by atoms with Gasteiger partial charge in [0.1, 0.15) is 0 Å². The highest BCUT2D eigenvalue weighted by atomic mass is 35.5. The van der Waals surface area contributed by atoms with Gasteiger partial charge < -0.3 is 21.5 Å². The zero-order chi connectivity index (χ0) is 14.8. The van der Waals surface area contributed by atoms with Crippen LogP contribution in [0.25, 0.3) is 11.3 Å². The van der Waals surface area contributed by atoms with Crippen LogP contribution < -0.4 is 16.8 Å². The lowest BCUT2D eigenvalue weighted by Crippen LogP contribution is -2.34. The third kappa shape index (κ3) is 3.07. The third-order valence-electron chi connectivity index (χ3n) is 3.37. The topological polar surface area (TPSA) is 99.1 Å². The van der Waals surface area contributed by atoms with Crippen LogP contribution >= 0.6 is 11.6 Å². The Morgan fingerprint density at radius 3 is 2.81 bits per heavy atom. The second-order valence-corrected chi connectivity index (χ2v) is 5.32. The van der Waals surface area contributed by atoms with E-state index in [4.69, 9.17) is 27.8 Å². The minimum Gasteiger partial charge on any atom is -0.381 e. The van der Waals surface area contributed by atoms with Crippen molar-refractivity contribution in [2.75, 3.05) is 31.2 Å². The van der Waals surface area contributed by atoms with Gasteiger partial charge in [0.25, 0.3) is 0 Å². The van der Waals surface area contributed by atoms with E-state index in [1.54, 1.807) is 6.20 Å². The van der Waals surface area contributed by atoms with E-state index >= 15 is 0 Å². The molecule has 0 amide bonds. The Bertz CT molecular complexity index is 658. The van der Waals surface area contributed by atoms with Crippen molar-refractivity contribution in [2.24, 2.45) is 0 Å². The molecule has 1 aromatic carbocycles. The van der Waals surface area contributed by atoms with Crippen LogP contribution in [-0.2, 0) is 4.74 Å². The summed E-state index contributed by atoms with van der Waals surface area (Å²) in [5, 5.41) is 4.03. The summed E-state index contributed by atoms with van der Waals surface area (Å²) in [6.45, 7) is 2.17. The number of aromatic nitrogens is 2. The zero-order valence-corrected chi connectivity index (χ0v) is 12.1. The summed E-state index contributed by atoms with van der Waals surface area (Å²) in [4.78, 5) is 8.28. The van der Waals surface area contributed by atoms with Crippen molar-refractivity contribution in [1.29, 1.82) is 0 Å². The van der Waals surface area contributed by atoms with E-state index in [-0.39, 0.29) is 17.7 Å². The summed E-state index contributed by atoms with van der Waals surface area (Å²) in [5.41, 5.74) is 13.8. The van der Waals surface area contributed by atoms with Crippen molar-refractivity contribution in [3.63, 3.8) is 0 Å². The lowest BCUT2D eigenvalue weighted by molar-refractivity contribution is 0.0769. The molecule has 3 rings (SSSR count). The molecule has 0 radical (unpaired) electrons. The van der Waals surface area contributed by atoms with E-state index in [1.807, 2.05) is 18.2 Å². The molecule has 6 nitrogen and oxygen atoms in total. The molecule has 1 aromatic heterocycles. The number of anilines is 2. The standard InChI is InChI=1S/C14H16ClN5O/c15-10-4-8(11-6-19-13(16)14(17)20-11)3-9(5-10)12-7-21-2-1-18-12/h3-6,12,18H,1-2,7H2,(H2,16,19)(H2,17,20). The number of ether oxygens (including phenoxy) is 1. The largest absolute Gasteiger partial charge is 0.381 e. The number of nitrogens with one attached hydrogen (secondary N) is 1. The predicted octanol–water partition coefficient (Wildman–Crippen LogP) is 1.62. The van der Waals surface area contributed by atoms with E-state index in [2.05, 4.69) is 15.3 Å². The van der Waals surface area contributed by atoms with E-state index in [0.717, 1.165) is 24.3 Å². The number of hydrogen-bond donors (Lipinski definition) is 3. The fourth-order valence-electron chi connectivity index (χ4n) is 2.29. The Labute approximate surface area is 127 Å². The Kier molecular flexibility index (Phi) is 3.92. The van der Waals surface area contributed by atoms with Crippen molar-refractivity contribution in [1.82, 2.24) is 15.3 Å². The molecule has 1 unspecified atom stereocenters. The number of nitrogens with two attached hydrogens (primary N) is 2. The van der Waals surface area contributed by atoms with E-state index in [0.29, 0.717) is 17.3 Å². The fraction of sp³-hybridized carbons (Fsp3) is 0.286. The molecule has 2 heterocycles. The van der Waals surface area contributed by atoms with Gasteiger partial charge in [-0.2, -0.15) is 0 Å². The maximum atomic E-state index is 6.22. The SMILES string of the molecule is Nc1ncc(-c2cc(Cl)cc(C3COCCN3)c2)nc1N. The molecule has 0 spiro atoms. The molecule has 1 aliphatic rings. The first-order valence-corrected chi connectivity index (χ1v) is 7.01. The molecule has 1 fully saturated rings. The third-order valence-corrected chi connectivity index (χ3v) is 3.59. The summed E-state index contributed by atoms with van der Waals surface area (Å²) >= 11 is 6.22. The van der Waals surface area contributed by atoms with Gasteiger partial charge >= 0.3 is 0 Å². The molecule has 0 bridgehead atoms. The summed E-state index contributed by atoms with van der Waals surface area (Å²) in [6.07, 6.45) is 1.59. The number of hydrogen-bond acceptors (Lipinski definition) is 6. The average Bonchev–Trinajstić information content (AvgIpc) is 2.50. The van der Waals surface area contributed by atoms with Gasteiger partial charge in [-0.05, 0) is 23.8 Å². The highest BCUT2D eigenvalue weighted by molar-refractivity contribution is 6.31. The molecule has 5 N–H and O–H groups in total. The van der Waals surface area contributed by atoms with Crippen molar-refractivity contribution >= 4 is 23.2 Å². The number of rotatable bonds is 2. The van der Waals surface area contributed by atoms with Crippen LogP contribution in [0.1, 0.15) is 11.6 Å². The molecule has 2 aromatic rings. The molecule has 0 saturated carbocycles. The highest BCUT2D eigenvalue weighted by Gasteiger charge is 2.17. The van der Waals surface area contributed by atoms with Gasteiger partial charge in [0.2, 0.25) is 0 Å². The van der Waals surface area contributed by atoms with E-state index in [9.17, 15) is 0 Å². The maximum Gasteiger partial charge on any atom is 0.166 e. The lowest BCUT2D eigenvalue weighted by atomic mass is 10.0. The summed E-state index contributed by atoms with van der Waals surface area (Å²) in [5.74, 6) is 0.441. The van der Waals surface area contributed by atoms with Gasteiger partial charge in [-0.15, -0.1) is 0 Å². The first-order valence-electron chi connectivity index (χ1n) is 6.63. The van der Waals surface area contributed by atoms with E-state index in [1.165, 1.54) is 0 Å². The second kappa shape index (κ2) is 5.85. The van der Waals surface area contributed by atoms with Crippen molar-refractivity contribution in [3.8, 4) is 11.3 Å². The molecule has 1 atom stereocenters. The Morgan fingerprint density at radius 2 is 2.10 bits per heavy atom. The van der Waals surface area contributed by atoms with Crippen LogP contribution in [0, 0.1) is 0 Å². The van der Waals surface area contributed by atoms with Gasteiger partial charge in [0, 0.05) is 17.1 Å². The molecule has 7 heteroatoms. The Hall–Kier alpha value is -1.89. The van der Waals surface area contributed by atoms with Crippen LogP contribution in [0.4, 0.5) is 11.6 Å². The molecule has 110 valence electrons. The zero-order valence-electron chi connectivity index (χ0n) is 11.3. The summed E-state index contributed by atoms with van der Waals surface area (Å²) < 4.78 is 5.49. The summed E-state index contributed by atoms with van der Waals surface area (Å²) in [7, 11) is 0. The second-order valence-electron chi connectivity index (χ2n) is 4.88. The molecular formula is C14H16ClN5O. The van der Waals surface area contributed by atoms with Gasteiger partial charge in [-0.1, -0.05) is 11.6 Å². The lowest BCUT2D eigenvalue weighted by Gasteiger charge is -2.24. The Balaban J connectivity index is 1.98. The minimum absolute atomic E-state index is 0.121. The van der Waals surface area contributed by atoms with Crippen LogP contribution in [0.15, 0.2) is 24.4 Å². The molecule has 0 aliphatic carbocycles. The predicted molar refractivity (Wildman–Crippen MR) is 82.9 cm³/mol.